The highest BCUT2D eigenvalue weighted by Crippen LogP contribution is 2.44. The van der Waals surface area contributed by atoms with E-state index in [1.165, 1.54) is 5.56 Å². The van der Waals surface area contributed by atoms with Gasteiger partial charge in [0.1, 0.15) is 5.75 Å². The SMILES string of the molecule is COc1cccc(CN2CCC3(CC(=O)N(c4ccc5c(c4)OCO5)C3)C2)c1. The molecule has 1 atom stereocenters. The highest BCUT2D eigenvalue weighted by molar-refractivity contribution is 5.96. The number of nitrogens with zero attached hydrogens (tertiary/aromatic N) is 2. The van der Waals surface area contributed by atoms with Crippen LogP contribution in [0.5, 0.6) is 17.2 Å². The molecule has 5 rings (SSSR count). The second-order valence-electron chi connectivity index (χ2n) is 8.01. The Bertz CT molecular complexity index is 915. The Morgan fingerprint density at radius 1 is 1.11 bits per heavy atom. The minimum atomic E-state index is 0.0340. The largest absolute Gasteiger partial charge is 0.497 e. The molecule has 0 bridgehead atoms. The normalized spacial score (nSPS) is 23.8. The first-order chi connectivity index (χ1) is 13.6. The summed E-state index contributed by atoms with van der Waals surface area (Å²) in [4.78, 5) is 17.2. The number of hydrogen-bond donors (Lipinski definition) is 0. The molecule has 0 aliphatic carbocycles. The van der Waals surface area contributed by atoms with Gasteiger partial charge >= 0.3 is 0 Å². The van der Waals surface area contributed by atoms with Crippen LogP contribution in [0.2, 0.25) is 0 Å². The first-order valence-corrected chi connectivity index (χ1v) is 9.69. The first kappa shape index (κ1) is 17.4. The Morgan fingerprint density at radius 2 is 2.00 bits per heavy atom. The number of amides is 1. The highest BCUT2D eigenvalue weighted by atomic mass is 16.7. The van der Waals surface area contributed by atoms with Crippen LogP contribution in [0.3, 0.4) is 0 Å². The van der Waals surface area contributed by atoms with Gasteiger partial charge in [0, 0.05) is 43.2 Å². The van der Waals surface area contributed by atoms with E-state index >= 15 is 0 Å². The number of likely N-dealkylation sites (tertiary alicyclic amines) is 1. The van der Waals surface area contributed by atoms with Crippen molar-refractivity contribution in [3.8, 4) is 17.2 Å². The summed E-state index contributed by atoms with van der Waals surface area (Å²) in [6, 6.07) is 14.0. The van der Waals surface area contributed by atoms with Crippen LogP contribution in [0.25, 0.3) is 0 Å². The van der Waals surface area contributed by atoms with E-state index in [-0.39, 0.29) is 18.1 Å². The van der Waals surface area contributed by atoms with E-state index in [2.05, 4.69) is 17.0 Å². The Hall–Kier alpha value is -2.73. The van der Waals surface area contributed by atoms with Gasteiger partial charge in [-0.1, -0.05) is 12.1 Å². The van der Waals surface area contributed by atoms with Gasteiger partial charge in [-0.3, -0.25) is 9.69 Å². The molecule has 1 unspecified atom stereocenters. The minimum absolute atomic E-state index is 0.0340. The number of benzene rings is 2. The number of rotatable bonds is 4. The number of carbonyl (C=O) groups is 1. The van der Waals surface area contributed by atoms with E-state index in [1.54, 1.807) is 7.11 Å². The summed E-state index contributed by atoms with van der Waals surface area (Å²) < 4.78 is 16.2. The molecule has 2 aromatic carbocycles. The van der Waals surface area contributed by atoms with Crippen molar-refractivity contribution < 1.29 is 19.0 Å². The second kappa shape index (κ2) is 6.71. The molecule has 0 N–H and O–H groups in total. The summed E-state index contributed by atoms with van der Waals surface area (Å²) in [7, 11) is 1.69. The molecule has 0 aromatic heterocycles. The predicted molar refractivity (Wildman–Crippen MR) is 105 cm³/mol. The lowest BCUT2D eigenvalue weighted by molar-refractivity contribution is -0.117. The number of anilines is 1. The fourth-order valence-electron chi connectivity index (χ4n) is 4.65. The molecule has 6 nitrogen and oxygen atoms in total. The van der Waals surface area contributed by atoms with Crippen LogP contribution < -0.4 is 19.1 Å². The van der Waals surface area contributed by atoms with Crippen LogP contribution >= 0.6 is 0 Å². The van der Waals surface area contributed by atoms with Crippen LogP contribution in [0.4, 0.5) is 5.69 Å². The second-order valence-corrected chi connectivity index (χ2v) is 8.01. The average molecular weight is 380 g/mol. The van der Waals surface area contributed by atoms with Gasteiger partial charge in [0.05, 0.1) is 7.11 Å². The number of methoxy groups -OCH3 is 1. The Labute approximate surface area is 164 Å². The monoisotopic (exact) mass is 380 g/mol. The molecule has 3 aliphatic rings. The maximum Gasteiger partial charge on any atom is 0.231 e. The fourth-order valence-corrected chi connectivity index (χ4v) is 4.65. The summed E-state index contributed by atoms with van der Waals surface area (Å²) >= 11 is 0. The van der Waals surface area contributed by atoms with Crippen molar-refractivity contribution in [2.75, 3.05) is 38.4 Å². The molecular weight excluding hydrogens is 356 g/mol. The number of carbonyl (C=O) groups excluding carboxylic acids is 1. The maximum absolute atomic E-state index is 12.8. The molecule has 3 heterocycles. The lowest BCUT2D eigenvalue weighted by Crippen LogP contribution is -2.31. The van der Waals surface area contributed by atoms with Gasteiger partial charge in [0.2, 0.25) is 12.7 Å². The molecular formula is C22H24N2O4. The van der Waals surface area contributed by atoms with E-state index in [4.69, 9.17) is 14.2 Å². The Balaban J connectivity index is 1.29. The van der Waals surface area contributed by atoms with Crippen molar-refractivity contribution in [3.63, 3.8) is 0 Å². The lowest BCUT2D eigenvalue weighted by atomic mass is 9.86. The maximum atomic E-state index is 12.8. The zero-order valence-corrected chi connectivity index (χ0v) is 16.0. The molecule has 0 radical (unpaired) electrons. The van der Waals surface area contributed by atoms with Crippen LogP contribution in [-0.2, 0) is 11.3 Å². The van der Waals surface area contributed by atoms with E-state index < -0.39 is 0 Å². The lowest BCUT2D eigenvalue weighted by Gasteiger charge is -2.24. The Kier molecular flexibility index (Phi) is 4.16. The fraction of sp³-hybridized carbons (Fsp3) is 0.409. The molecule has 3 aliphatic heterocycles. The van der Waals surface area contributed by atoms with E-state index in [1.807, 2.05) is 35.2 Å². The Morgan fingerprint density at radius 3 is 2.89 bits per heavy atom. The molecule has 1 amide bonds. The topological polar surface area (TPSA) is 51.2 Å². The number of hydrogen-bond acceptors (Lipinski definition) is 5. The van der Waals surface area contributed by atoms with Crippen LogP contribution in [-0.4, -0.2) is 44.3 Å². The van der Waals surface area contributed by atoms with Crippen molar-refractivity contribution in [2.45, 2.75) is 19.4 Å². The zero-order chi connectivity index (χ0) is 19.1. The van der Waals surface area contributed by atoms with Gasteiger partial charge in [-0.15, -0.1) is 0 Å². The molecule has 6 heteroatoms. The third-order valence-electron chi connectivity index (χ3n) is 6.05. The third-order valence-corrected chi connectivity index (χ3v) is 6.05. The quantitative estimate of drug-likeness (QED) is 0.816. The third kappa shape index (κ3) is 3.07. The van der Waals surface area contributed by atoms with Crippen LogP contribution in [0.15, 0.2) is 42.5 Å². The summed E-state index contributed by atoms with van der Waals surface area (Å²) in [6.45, 7) is 3.85. The molecule has 2 fully saturated rings. The number of fused-ring (bicyclic) bond motifs is 1. The van der Waals surface area contributed by atoms with E-state index in [0.717, 1.165) is 55.5 Å². The summed E-state index contributed by atoms with van der Waals surface area (Å²) in [5.74, 6) is 2.55. The molecule has 146 valence electrons. The van der Waals surface area contributed by atoms with Crippen molar-refractivity contribution in [3.05, 3.63) is 48.0 Å². The summed E-state index contributed by atoms with van der Waals surface area (Å²) in [6.07, 6.45) is 1.65. The van der Waals surface area contributed by atoms with Gasteiger partial charge < -0.3 is 19.1 Å². The summed E-state index contributed by atoms with van der Waals surface area (Å²) in [5.41, 5.74) is 2.18. The van der Waals surface area contributed by atoms with E-state index in [9.17, 15) is 4.79 Å². The van der Waals surface area contributed by atoms with Crippen LogP contribution in [0.1, 0.15) is 18.4 Å². The molecule has 2 saturated heterocycles. The van der Waals surface area contributed by atoms with Gasteiger partial charge in [0.25, 0.3) is 0 Å². The molecule has 0 saturated carbocycles. The molecule has 2 aromatic rings. The molecule has 1 spiro atoms. The summed E-state index contributed by atoms with van der Waals surface area (Å²) in [5, 5.41) is 0. The average Bonchev–Trinajstić information content (AvgIpc) is 3.40. The minimum Gasteiger partial charge on any atom is -0.497 e. The zero-order valence-electron chi connectivity index (χ0n) is 16.0. The van der Waals surface area contributed by atoms with Crippen molar-refractivity contribution in [1.82, 2.24) is 4.90 Å². The van der Waals surface area contributed by atoms with Gasteiger partial charge in [0.15, 0.2) is 11.5 Å². The van der Waals surface area contributed by atoms with Gasteiger partial charge in [-0.25, -0.2) is 0 Å². The smallest absolute Gasteiger partial charge is 0.231 e. The first-order valence-electron chi connectivity index (χ1n) is 9.69. The van der Waals surface area contributed by atoms with Gasteiger partial charge in [-0.05, 0) is 42.8 Å². The highest BCUT2D eigenvalue weighted by Gasteiger charge is 2.47. The van der Waals surface area contributed by atoms with Crippen LogP contribution in [0, 0.1) is 5.41 Å². The van der Waals surface area contributed by atoms with E-state index in [0.29, 0.717) is 6.42 Å². The van der Waals surface area contributed by atoms with Crippen molar-refractivity contribution in [2.24, 2.45) is 5.41 Å². The predicted octanol–water partition coefficient (Wildman–Crippen LogP) is 3.05. The number of ether oxygens (including phenoxy) is 3. The van der Waals surface area contributed by atoms with Crippen molar-refractivity contribution >= 4 is 11.6 Å². The van der Waals surface area contributed by atoms with Gasteiger partial charge in [-0.2, -0.15) is 0 Å². The standard InChI is InChI=1S/C22H24N2O4/c1-26-18-4-2-3-16(9-18)12-23-8-7-22(13-23)11-21(25)24(14-22)17-5-6-19-20(10-17)28-15-27-19/h2-6,9-10H,7-8,11-15H2,1H3. The van der Waals surface area contributed by atoms with Crippen molar-refractivity contribution in [1.29, 1.82) is 0 Å². The molecule has 28 heavy (non-hydrogen) atoms.